The van der Waals surface area contributed by atoms with E-state index in [0.29, 0.717) is 21.5 Å². The Bertz CT molecular complexity index is 1280. The minimum absolute atomic E-state index is 0.141. The van der Waals surface area contributed by atoms with Crippen molar-refractivity contribution in [2.45, 2.75) is 0 Å². The van der Waals surface area contributed by atoms with Gasteiger partial charge in [-0.05, 0) is 24.3 Å². The molecule has 0 fully saturated rings. The Morgan fingerprint density at radius 1 is 0.929 bits per heavy atom. The van der Waals surface area contributed by atoms with Gasteiger partial charge in [-0.3, -0.25) is 14.9 Å². The van der Waals surface area contributed by atoms with Crippen molar-refractivity contribution in [3.8, 4) is 16.9 Å². The normalized spacial score (nSPS) is 10.9. The van der Waals surface area contributed by atoms with Gasteiger partial charge < -0.3 is 0 Å². The van der Waals surface area contributed by atoms with E-state index in [1.807, 2.05) is 6.07 Å². The fraction of sp³-hybridized carbons (Fsp3) is 0. The molecule has 0 spiro atoms. The molecule has 4 aromatic rings. The summed E-state index contributed by atoms with van der Waals surface area (Å²) >= 11 is 12.2. The second-order valence-corrected chi connectivity index (χ2v) is 6.85. The van der Waals surface area contributed by atoms with Crippen molar-refractivity contribution in [1.82, 2.24) is 9.78 Å². The Kier molecular flexibility index (Phi) is 4.58. The van der Waals surface area contributed by atoms with Crippen LogP contribution in [0, 0.1) is 10.1 Å². The van der Waals surface area contributed by atoms with Crippen LogP contribution >= 0.6 is 23.2 Å². The largest absolute Gasteiger partial charge is 0.279 e. The molecular formula is C20H11Cl2N3O3. The van der Waals surface area contributed by atoms with Crippen molar-refractivity contribution in [3.63, 3.8) is 0 Å². The zero-order valence-corrected chi connectivity index (χ0v) is 15.7. The lowest BCUT2D eigenvalue weighted by Gasteiger charge is -2.12. The van der Waals surface area contributed by atoms with Crippen molar-refractivity contribution in [2.75, 3.05) is 0 Å². The number of aromatic nitrogens is 2. The molecule has 0 N–H and O–H groups in total. The first-order chi connectivity index (χ1) is 13.5. The van der Waals surface area contributed by atoms with Crippen molar-refractivity contribution in [2.24, 2.45) is 0 Å². The predicted molar refractivity (Wildman–Crippen MR) is 109 cm³/mol. The molecule has 8 heteroatoms. The standard InChI is InChI=1S/C20H11Cl2N3O3/c21-13-7-5-12(6-8-13)19-15-3-1-2-4-16(15)20(26)24(23-19)18-11-14(25(27)28)9-10-17(18)22/h1-11H. The molecule has 6 nitrogen and oxygen atoms in total. The van der Waals surface area contributed by atoms with Crippen LogP contribution in [-0.2, 0) is 0 Å². The smallest absolute Gasteiger partial charge is 0.267 e. The van der Waals surface area contributed by atoms with E-state index in [4.69, 9.17) is 23.2 Å². The molecule has 138 valence electrons. The summed E-state index contributed by atoms with van der Waals surface area (Å²) in [7, 11) is 0. The van der Waals surface area contributed by atoms with Crippen LogP contribution in [0.25, 0.3) is 27.7 Å². The van der Waals surface area contributed by atoms with Gasteiger partial charge in [-0.15, -0.1) is 0 Å². The fourth-order valence-corrected chi connectivity index (χ4v) is 3.27. The highest BCUT2D eigenvalue weighted by Gasteiger charge is 2.17. The first-order valence-electron chi connectivity index (χ1n) is 8.18. The van der Waals surface area contributed by atoms with Crippen molar-refractivity contribution in [3.05, 3.63) is 97.2 Å². The van der Waals surface area contributed by atoms with E-state index in [1.54, 1.807) is 42.5 Å². The second-order valence-electron chi connectivity index (χ2n) is 6.01. The highest BCUT2D eigenvalue weighted by Crippen LogP contribution is 2.29. The molecule has 28 heavy (non-hydrogen) atoms. The van der Waals surface area contributed by atoms with Crippen molar-refractivity contribution >= 4 is 39.7 Å². The van der Waals surface area contributed by atoms with E-state index in [0.717, 1.165) is 10.2 Å². The maximum Gasteiger partial charge on any atom is 0.279 e. The van der Waals surface area contributed by atoms with E-state index >= 15 is 0 Å². The number of nitro groups is 1. The quantitative estimate of drug-likeness (QED) is 0.339. The summed E-state index contributed by atoms with van der Waals surface area (Å²) in [4.78, 5) is 23.7. The molecule has 0 radical (unpaired) electrons. The van der Waals surface area contributed by atoms with Gasteiger partial charge in [-0.2, -0.15) is 9.78 Å². The molecular weight excluding hydrogens is 401 g/mol. The van der Waals surface area contributed by atoms with Crippen LogP contribution in [0.5, 0.6) is 0 Å². The highest BCUT2D eigenvalue weighted by atomic mass is 35.5. The second kappa shape index (κ2) is 7.07. The van der Waals surface area contributed by atoms with Gasteiger partial charge in [0.15, 0.2) is 0 Å². The molecule has 0 aliphatic carbocycles. The molecule has 0 aliphatic heterocycles. The number of nitrogens with zero attached hydrogens (tertiary/aromatic N) is 3. The van der Waals surface area contributed by atoms with Gasteiger partial charge in [-0.1, -0.05) is 53.5 Å². The average Bonchev–Trinajstić information content (AvgIpc) is 2.70. The molecule has 0 saturated carbocycles. The average molecular weight is 412 g/mol. The summed E-state index contributed by atoms with van der Waals surface area (Å²) < 4.78 is 1.10. The maximum absolute atomic E-state index is 13.1. The van der Waals surface area contributed by atoms with Crippen LogP contribution in [0.4, 0.5) is 5.69 Å². The number of hydrogen-bond donors (Lipinski definition) is 0. The molecule has 0 bridgehead atoms. The molecule has 1 aromatic heterocycles. The minimum atomic E-state index is -0.550. The Hall–Kier alpha value is -3.22. The van der Waals surface area contributed by atoms with Crippen LogP contribution < -0.4 is 5.56 Å². The first-order valence-corrected chi connectivity index (χ1v) is 8.93. The van der Waals surface area contributed by atoms with E-state index in [2.05, 4.69) is 5.10 Å². The molecule has 0 saturated heterocycles. The zero-order valence-electron chi connectivity index (χ0n) is 14.2. The van der Waals surface area contributed by atoms with Gasteiger partial charge >= 0.3 is 0 Å². The van der Waals surface area contributed by atoms with E-state index in [1.165, 1.54) is 18.2 Å². The predicted octanol–water partition coefficient (Wildman–Crippen LogP) is 5.27. The van der Waals surface area contributed by atoms with E-state index in [-0.39, 0.29) is 16.4 Å². The van der Waals surface area contributed by atoms with Crippen LogP contribution in [0.1, 0.15) is 0 Å². The number of benzene rings is 3. The number of halogens is 2. The molecule has 3 aromatic carbocycles. The Balaban J connectivity index is 2.07. The summed E-state index contributed by atoms with van der Waals surface area (Å²) in [6.45, 7) is 0. The van der Waals surface area contributed by atoms with Crippen LogP contribution in [0.3, 0.4) is 0 Å². The minimum Gasteiger partial charge on any atom is -0.267 e. The summed E-state index contributed by atoms with van der Waals surface area (Å²) in [5, 5.41) is 17.5. The van der Waals surface area contributed by atoms with Crippen LogP contribution in [0.15, 0.2) is 71.5 Å². The third-order valence-corrected chi connectivity index (χ3v) is 4.86. The first kappa shape index (κ1) is 18.2. The summed E-state index contributed by atoms with van der Waals surface area (Å²) in [6.07, 6.45) is 0. The number of rotatable bonds is 3. The monoisotopic (exact) mass is 411 g/mol. The zero-order chi connectivity index (χ0) is 19.8. The topological polar surface area (TPSA) is 78.0 Å². The molecule has 1 heterocycles. The van der Waals surface area contributed by atoms with Gasteiger partial charge in [0.25, 0.3) is 11.2 Å². The van der Waals surface area contributed by atoms with Gasteiger partial charge in [0.2, 0.25) is 0 Å². The van der Waals surface area contributed by atoms with Crippen molar-refractivity contribution in [1.29, 1.82) is 0 Å². The van der Waals surface area contributed by atoms with Crippen LogP contribution in [-0.4, -0.2) is 14.7 Å². The van der Waals surface area contributed by atoms with Gasteiger partial charge in [0.05, 0.1) is 26.7 Å². The Labute approximate surface area is 168 Å². The maximum atomic E-state index is 13.1. The third kappa shape index (κ3) is 3.13. The van der Waals surface area contributed by atoms with Gasteiger partial charge in [0.1, 0.15) is 0 Å². The summed E-state index contributed by atoms with van der Waals surface area (Å²) in [5.41, 5.74) is 0.817. The Morgan fingerprint density at radius 2 is 1.61 bits per heavy atom. The lowest BCUT2D eigenvalue weighted by molar-refractivity contribution is -0.384. The van der Waals surface area contributed by atoms with Gasteiger partial charge in [0, 0.05) is 28.1 Å². The third-order valence-electron chi connectivity index (χ3n) is 4.29. The molecule has 0 atom stereocenters. The fourth-order valence-electron chi connectivity index (χ4n) is 2.95. The molecule has 0 amide bonds. The van der Waals surface area contributed by atoms with E-state index in [9.17, 15) is 14.9 Å². The molecule has 0 unspecified atom stereocenters. The molecule has 0 aliphatic rings. The summed E-state index contributed by atoms with van der Waals surface area (Å²) in [6, 6.07) is 18.0. The van der Waals surface area contributed by atoms with Crippen molar-refractivity contribution < 1.29 is 4.92 Å². The lowest BCUT2D eigenvalue weighted by atomic mass is 10.1. The number of hydrogen-bond acceptors (Lipinski definition) is 4. The van der Waals surface area contributed by atoms with Crippen LogP contribution in [0.2, 0.25) is 10.0 Å². The van der Waals surface area contributed by atoms with E-state index < -0.39 is 10.5 Å². The number of non-ortho nitro benzene ring substituents is 1. The number of fused-ring (bicyclic) bond motifs is 1. The Morgan fingerprint density at radius 3 is 2.29 bits per heavy atom. The van der Waals surface area contributed by atoms with Gasteiger partial charge in [-0.25, -0.2) is 0 Å². The number of nitro benzene ring substituents is 1. The summed E-state index contributed by atoms with van der Waals surface area (Å²) in [5.74, 6) is 0. The highest BCUT2D eigenvalue weighted by molar-refractivity contribution is 6.32. The lowest BCUT2D eigenvalue weighted by Crippen LogP contribution is -2.22. The SMILES string of the molecule is O=c1c2ccccc2c(-c2ccc(Cl)cc2)nn1-c1cc([N+](=O)[O-])ccc1Cl. The molecule has 4 rings (SSSR count).